The lowest BCUT2D eigenvalue weighted by Gasteiger charge is -2.21. The minimum absolute atomic E-state index is 0.480. The highest BCUT2D eigenvalue weighted by atomic mass is 16.6. The van der Waals surface area contributed by atoms with Gasteiger partial charge in [-0.3, -0.25) is 0 Å². The molecular weight excluding hydrogens is 138 g/mol. The standard InChI is InChI=1S/C9H13NO/c1-5-8-6-2-3-7(4-6)9(8)11-10-5/h6-9H,2-4H2,1H3/t6-,7+,8+,9-/m0/s1. The first kappa shape index (κ1) is 6.04. The number of oxime groups is 1. The first-order chi connectivity index (χ1) is 5.36. The summed E-state index contributed by atoms with van der Waals surface area (Å²) in [6.07, 6.45) is 4.69. The fourth-order valence-corrected chi connectivity index (χ4v) is 3.17. The van der Waals surface area contributed by atoms with Crippen molar-refractivity contribution in [1.29, 1.82) is 0 Å². The van der Waals surface area contributed by atoms with Crippen molar-refractivity contribution in [2.45, 2.75) is 32.3 Å². The van der Waals surface area contributed by atoms with Gasteiger partial charge in [-0.05, 0) is 38.0 Å². The van der Waals surface area contributed by atoms with Crippen molar-refractivity contribution in [2.24, 2.45) is 22.9 Å². The number of rotatable bonds is 0. The first-order valence-corrected chi connectivity index (χ1v) is 4.56. The molecule has 2 saturated carbocycles. The molecule has 2 heteroatoms. The summed E-state index contributed by atoms with van der Waals surface area (Å²) >= 11 is 0. The summed E-state index contributed by atoms with van der Waals surface area (Å²) in [5.41, 5.74) is 1.25. The third-order valence-corrected chi connectivity index (χ3v) is 3.64. The second kappa shape index (κ2) is 1.79. The smallest absolute Gasteiger partial charge is 0.138 e. The number of nitrogens with zero attached hydrogens (tertiary/aromatic N) is 1. The van der Waals surface area contributed by atoms with Crippen molar-refractivity contribution < 1.29 is 4.84 Å². The average molecular weight is 151 g/mol. The van der Waals surface area contributed by atoms with Crippen molar-refractivity contribution in [3.05, 3.63) is 0 Å². The molecule has 0 amide bonds. The van der Waals surface area contributed by atoms with E-state index < -0.39 is 0 Å². The Balaban J connectivity index is 1.96. The molecule has 1 aliphatic heterocycles. The second-order valence-electron chi connectivity index (χ2n) is 4.16. The minimum Gasteiger partial charge on any atom is -0.392 e. The average Bonchev–Trinajstić information content (AvgIpc) is 2.60. The van der Waals surface area contributed by atoms with Gasteiger partial charge in [-0.1, -0.05) is 5.16 Å². The number of fused-ring (bicyclic) bond motifs is 5. The summed E-state index contributed by atoms with van der Waals surface area (Å²) in [4.78, 5) is 5.41. The Hall–Kier alpha value is -0.530. The van der Waals surface area contributed by atoms with Gasteiger partial charge in [-0.15, -0.1) is 0 Å². The zero-order chi connectivity index (χ0) is 7.42. The summed E-state index contributed by atoms with van der Waals surface area (Å²) < 4.78 is 0. The quantitative estimate of drug-likeness (QED) is 0.517. The van der Waals surface area contributed by atoms with Crippen molar-refractivity contribution in [3.63, 3.8) is 0 Å². The molecule has 0 radical (unpaired) electrons. The Bertz CT molecular complexity index is 224. The summed E-state index contributed by atoms with van der Waals surface area (Å²) in [7, 11) is 0. The van der Waals surface area contributed by atoms with E-state index in [9.17, 15) is 0 Å². The molecule has 11 heavy (non-hydrogen) atoms. The fraction of sp³-hybridized carbons (Fsp3) is 0.889. The maximum absolute atomic E-state index is 5.41. The zero-order valence-electron chi connectivity index (χ0n) is 6.79. The van der Waals surface area contributed by atoms with E-state index in [4.69, 9.17) is 4.84 Å². The van der Waals surface area contributed by atoms with E-state index >= 15 is 0 Å². The molecule has 2 fully saturated rings. The van der Waals surface area contributed by atoms with Crippen LogP contribution in [0.25, 0.3) is 0 Å². The predicted molar refractivity (Wildman–Crippen MR) is 42.3 cm³/mol. The van der Waals surface area contributed by atoms with Gasteiger partial charge in [0.15, 0.2) is 0 Å². The highest BCUT2D eigenvalue weighted by Gasteiger charge is 2.52. The molecule has 2 bridgehead atoms. The van der Waals surface area contributed by atoms with Crippen molar-refractivity contribution in [1.82, 2.24) is 0 Å². The van der Waals surface area contributed by atoms with E-state index in [-0.39, 0.29) is 0 Å². The fourth-order valence-electron chi connectivity index (χ4n) is 3.17. The van der Waals surface area contributed by atoms with Gasteiger partial charge in [0.05, 0.1) is 5.71 Å². The number of hydrogen-bond acceptors (Lipinski definition) is 2. The van der Waals surface area contributed by atoms with Gasteiger partial charge in [-0.2, -0.15) is 0 Å². The predicted octanol–water partition coefficient (Wildman–Crippen LogP) is 1.81. The van der Waals surface area contributed by atoms with Crippen LogP contribution in [0.5, 0.6) is 0 Å². The molecule has 3 aliphatic rings. The molecule has 2 nitrogen and oxygen atoms in total. The molecular formula is C9H13NO. The maximum atomic E-state index is 5.41. The van der Waals surface area contributed by atoms with Crippen LogP contribution in [0.15, 0.2) is 5.16 Å². The van der Waals surface area contributed by atoms with Crippen LogP contribution in [-0.2, 0) is 4.84 Å². The topological polar surface area (TPSA) is 21.6 Å². The molecule has 0 N–H and O–H groups in total. The normalized spacial score (nSPS) is 52.3. The van der Waals surface area contributed by atoms with Crippen molar-refractivity contribution in [2.75, 3.05) is 0 Å². The molecule has 0 spiro atoms. The van der Waals surface area contributed by atoms with Gasteiger partial charge in [0, 0.05) is 5.92 Å². The zero-order valence-corrected chi connectivity index (χ0v) is 6.79. The van der Waals surface area contributed by atoms with Gasteiger partial charge < -0.3 is 4.84 Å². The maximum Gasteiger partial charge on any atom is 0.138 e. The molecule has 2 aliphatic carbocycles. The third-order valence-electron chi connectivity index (χ3n) is 3.64. The monoisotopic (exact) mass is 151 g/mol. The van der Waals surface area contributed by atoms with Gasteiger partial charge in [0.1, 0.15) is 6.10 Å². The number of hydrogen-bond donors (Lipinski definition) is 0. The molecule has 1 heterocycles. The molecule has 0 saturated heterocycles. The first-order valence-electron chi connectivity index (χ1n) is 4.56. The molecule has 3 rings (SSSR count). The highest BCUT2D eigenvalue weighted by Crippen LogP contribution is 2.52. The largest absolute Gasteiger partial charge is 0.392 e. The lowest BCUT2D eigenvalue weighted by molar-refractivity contribution is 0.0275. The Kier molecular flexibility index (Phi) is 0.984. The van der Waals surface area contributed by atoms with Crippen LogP contribution in [0.3, 0.4) is 0 Å². The van der Waals surface area contributed by atoms with E-state index in [1.165, 1.54) is 25.0 Å². The molecule has 0 aromatic carbocycles. The Morgan fingerprint density at radius 3 is 3.00 bits per heavy atom. The Labute approximate surface area is 66.6 Å². The van der Waals surface area contributed by atoms with Crippen LogP contribution in [0, 0.1) is 17.8 Å². The molecule has 0 aromatic heterocycles. The van der Waals surface area contributed by atoms with Crippen LogP contribution in [0.1, 0.15) is 26.2 Å². The minimum atomic E-state index is 0.480. The summed E-state index contributed by atoms with van der Waals surface area (Å²) in [5, 5.41) is 4.08. The van der Waals surface area contributed by atoms with Crippen LogP contribution < -0.4 is 0 Å². The highest BCUT2D eigenvalue weighted by molar-refractivity contribution is 5.86. The third kappa shape index (κ3) is 0.608. The van der Waals surface area contributed by atoms with Crippen molar-refractivity contribution >= 4 is 5.71 Å². The van der Waals surface area contributed by atoms with E-state index in [0.717, 1.165) is 11.8 Å². The van der Waals surface area contributed by atoms with Gasteiger partial charge >= 0.3 is 0 Å². The van der Waals surface area contributed by atoms with Gasteiger partial charge in [0.2, 0.25) is 0 Å². The van der Waals surface area contributed by atoms with Crippen LogP contribution in [0.4, 0.5) is 0 Å². The van der Waals surface area contributed by atoms with Gasteiger partial charge in [-0.25, -0.2) is 0 Å². The van der Waals surface area contributed by atoms with Gasteiger partial charge in [0.25, 0.3) is 0 Å². The molecule has 60 valence electrons. The second-order valence-corrected chi connectivity index (χ2v) is 4.16. The van der Waals surface area contributed by atoms with E-state index in [1.54, 1.807) is 0 Å². The summed E-state index contributed by atoms with van der Waals surface area (Å²) in [5.74, 6) is 2.45. The van der Waals surface area contributed by atoms with E-state index in [1.807, 2.05) is 0 Å². The Morgan fingerprint density at radius 1 is 1.36 bits per heavy atom. The van der Waals surface area contributed by atoms with Crippen LogP contribution in [0.2, 0.25) is 0 Å². The summed E-state index contributed by atoms with van der Waals surface area (Å²) in [6.45, 7) is 2.12. The lowest BCUT2D eigenvalue weighted by Crippen LogP contribution is -2.28. The van der Waals surface area contributed by atoms with E-state index in [0.29, 0.717) is 12.0 Å². The molecule has 0 unspecified atom stereocenters. The van der Waals surface area contributed by atoms with Crippen molar-refractivity contribution in [3.8, 4) is 0 Å². The van der Waals surface area contributed by atoms with Crippen LogP contribution >= 0.6 is 0 Å². The van der Waals surface area contributed by atoms with Crippen LogP contribution in [-0.4, -0.2) is 11.8 Å². The summed E-state index contributed by atoms with van der Waals surface area (Å²) in [6, 6.07) is 0. The van der Waals surface area contributed by atoms with E-state index in [2.05, 4.69) is 12.1 Å². The SMILES string of the molecule is CC1=NO[C@H]2[C@@H]3CC[C@@H](C3)[C@@H]12. The lowest BCUT2D eigenvalue weighted by atomic mass is 9.84. The molecule has 0 aromatic rings. The molecule has 4 atom stereocenters. The Morgan fingerprint density at radius 2 is 2.18 bits per heavy atom.